The molecule has 1 aliphatic carbocycles. The van der Waals surface area contributed by atoms with Gasteiger partial charge in [0.1, 0.15) is 0 Å². The summed E-state index contributed by atoms with van der Waals surface area (Å²) in [7, 11) is 0. The van der Waals surface area contributed by atoms with Crippen molar-refractivity contribution >= 4 is 62.4 Å². The van der Waals surface area contributed by atoms with Gasteiger partial charge >= 0.3 is 0 Å². The number of nitrogens with zero attached hydrogens (tertiary/aromatic N) is 2. The normalized spacial score (nSPS) is 14.7. The molecule has 0 unspecified atom stereocenters. The third-order valence-corrected chi connectivity index (χ3v) is 13.0. The monoisotopic (exact) mass is 662 g/mol. The first-order valence-corrected chi connectivity index (χ1v) is 18.5. The van der Waals surface area contributed by atoms with E-state index in [1.165, 1.54) is 97.5 Å². The lowest BCUT2D eigenvalue weighted by Crippen LogP contribution is -2.19. The SMILES string of the molecule is CC1(C)c2ccccc2-c2ccc(-c3ccc4c5cc6c7c(c5n(-c5ccccc5)c4c3)Sc3ccccc3N7c3ccccc3S6)cc21. The lowest BCUT2D eigenvalue weighted by Gasteiger charge is -2.38. The average molecular weight is 663 g/mol. The van der Waals surface area contributed by atoms with Crippen LogP contribution >= 0.6 is 23.5 Å². The molecule has 0 fully saturated rings. The highest BCUT2D eigenvalue weighted by Crippen LogP contribution is 2.62. The van der Waals surface area contributed by atoms with Crippen molar-refractivity contribution in [2.75, 3.05) is 4.90 Å². The second-order valence-corrected chi connectivity index (χ2v) is 15.9. The van der Waals surface area contributed by atoms with Crippen LogP contribution in [-0.2, 0) is 5.41 Å². The Morgan fingerprint density at radius 3 is 1.98 bits per heavy atom. The Morgan fingerprint density at radius 2 is 1.16 bits per heavy atom. The predicted molar refractivity (Wildman–Crippen MR) is 207 cm³/mol. The van der Waals surface area contributed by atoms with Gasteiger partial charge in [0.05, 0.1) is 33.0 Å². The molecule has 0 saturated carbocycles. The molecule has 0 amide bonds. The van der Waals surface area contributed by atoms with E-state index in [1.54, 1.807) is 0 Å². The second kappa shape index (κ2) is 9.94. The molecule has 0 spiro atoms. The molecule has 0 N–H and O–H groups in total. The summed E-state index contributed by atoms with van der Waals surface area (Å²) in [6, 6.07) is 54.2. The van der Waals surface area contributed by atoms with Crippen molar-refractivity contribution in [3.63, 3.8) is 0 Å². The van der Waals surface area contributed by atoms with E-state index in [0.717, 1.165) is 0 Å². The van der Waals surface area contributed by atoms with Crippen LogP contribution in [0.1, 0.15) is 25.0 Å². The van der Waals surface area contributed by atoms with Gasteiger partial charge in [0.2, 0.25) is 0 Å². The van der Waals surface area contributed by atoms with Gasteiger partial charge < -0.3 is 9.47 Å². The molecule has 0 radical (unpaired) electrons. The van der Waals surface area contributed by atoms with E-state index in [2.05, 4.69) is 169 Å². The summed E-state index contributed by atoms with van der Waals surface area (Å²) in [5.74, 6) is 0. The summed E-state index contributed by atoms with van der Waals surface area (Å²) >= 11 is 3.80. The predicted octanol–water partition coefficient (Wildman–Crippen LogP) is 13.2. The Labute approximate surface area is 294 Å². The highest BCUT2D eigenvalue weighted by Gasteiger charge is 2.37. The van der Waals surface area contributed by atoms with E-state index in [9.17, 15) is 0 Å². The third-order valence-electron chi connectivity index (χ3n) is 10.7. The van der Waals surface area contributed by atoms with Crippen molar-refractivity contribution in [2.24, 2.45) is 0 Å². The molecule has 232 valence electrons. The van der Waals surface area contributed by atoms with Crippen LogP contribution in [0.15, 0.2) is 165 Å². The number of para-hydroxylation sites is 3. The van der Waals surface area contributed by atoms with Crippen LogP contribution in [-0.4, -0.2) is 4.57 Å². The number of anilines is 3. The first-order chi connectivity index (χ1) is 24.1. The topological polar surface area (TPSA) is 8.17 Å². The summed E-state index contributed by atoms with van der Waals surface area (Å²) in [4.78, 5) is 7.69. The Hall–Kier alpha value is -5.16. The molecule has 49 heavy (non-hydrogen) atoms. The number of hydrogen-bond acceptors (Lipinski definition) is 3. The highest BCUT2D eigenvalue weighted by molar-refractivity contribution is 8.01. The Balaban J connectivity index is 1.19. The first kappa shape index (κ1) is 27.8. The van der Waals surface area contributed by atoms with E-state index in [0.29, 0.717) is 0 Å². The largest absolute Gasteiger partial charge is 0.308 e. The minimum absolute atomic E-state index is 0.0403. The van der Waals surface area contributed by atoms with Crippen molar-refractivity contribution in [1.29, 1.82) is 0 Å². The van der Waals surface area contributed by atoms with Crippen molar-refractivity contribution in [2.45, 2.75) is 38.8 Å². The van der Waals surface area contributed by atoms with Crippen molar-refractivity contribution in [3.8, 4) is 27.9 Å². The van der Waals surface area contributed by atoms with Crippen LogP contribution in [0, 0.1) is 0 Å². The van der Waals surface area contributed by atoms with Crippen molar-refractivity contribution < 1.29 is 0 Å². The quantitative estimate of drug-likeness (QED) is 0.182. The first-order valence-electron chi connectivity index (χ1n) is 16.9. The van der Waals surface area contributed by atoms with Gasteiger partial charge in [0.25, 0.3) is 0 Å². The molecule has 0 saturated heterocycles. The van der Waals surface area contributed by atoms with Gasteiger partial charge in [-0.15, -0.1) is 0 Å². The minimum Gasteiger partial charge on any atom is -0.308 e. The molecule has 3 aliphatic rings. The summed E-state index contributed by atoms with van der Waals surface area (Å²) in [6.07, 6.45) is 0. The van der Waals surface area contributed by atoms with Crippen molar-refractivity contribution in [1.82, 2.24) is 4.57 Å². The van der Waals surface area contributed by atoms with Crippen LogP contribution in [0.4, 0.5) is 17.1 Å². The van der Waals surface area contributed by atoms with Crippen LogP contribution in [0.5, 0.6) is 0 Å². The maximum absolute atomic E-state index is 2.52. The standard InChI is InChI=1S/C45H30N2S2/c1-45(2)34-15-7-6-14-30(34)31-22-20-27(24-35(31)45)28-21-23-32-33-26-41-43-44(42(33)46(38(32)25-28)29-12-4-3-5-13-29)49-40-19-11-9-17-37(40)47(43)36-16-8-10-18-39(36)48-41/h3-26H,1-2H3. The van der Waals surface area contributed by atoms with Gasteiger partial charge in [0, 0.05) is 36.6 Å². The van der Waals surface area contributed by atoms with Crippen LogP contribution < -0.4 is 4.90 Å². The van der Waals surface area contributed by atoms with Gasteiger partial charge in [-0.05, 0) is 88.0 Å². The second-order valence-electron chi connectivity index (χ2n) is 13.8. The van der Waals surface area contributed by atoms with Crippen molar-refractivity contribution in [3.05, 3.63) is 157 Å². The summed E-state index contributed by atoms with van der Waals surface area (Å²) in [6.45, 7) is 4.72. The molecule has 2 aliphatic heterocycles. The lowest BCUT2D eigenvalue weighted by molar-refractivity contribution is 0.660. The Kier molecular flexibility index (Phi) is 5.63. The molecule has 11 rings (SSSR count). The van der Waals surface area contributed by atoms with Gasteiger partial charge in [-0.25, -0.2) is 0 Å². The summed E-state index contributed by atoms with van der Waals surface area (Å²) < 4.78 is 2.52. The fraction of sp³-hybridized carbons (Fsp3) is 0.0667. The molecule has 1 aromatic heterocycles. The van der Waals surface area contributed by atoms with Crippen LogP contribution in [0.25, 0.3) is 49.7 Å². The van der Waals surface area contributed by atoms with Gasteiger partial charge in [-0.3, -0.25) is 0 Å². The number of rotatable bonds is 2. The van der Waals surface area contributed by atoms with Crippen LogP contribution in [0.2, 0.25) is 0 Å². The average Bonchev–Trinajstić information content (AvgIpc) is 3.59. The molecular weight excluding hydrogens is 633 g/mol. The van der Waals surface area contributed by atoms with Gasteiger partial charge in [0.15, 0.2) is 0 Å². The maximum Gasteiger partial charge on any atom is 0.0763 e. The molecule has 2 nitrogen and oxygen atoms in total. The van der Waals surface area contributed by atoms with E-state index >= 15 is 0 Å². The molecule has 8 aromatic rings. The summed E-state index contributed by atoms with van der Waals surface area (Å²) in [5.41, 5.74) is 15.5. The van der Waals surface area contributed by atoms with Crippen LogP contribution in [0.3, 0.4) is 0 Å². The molecule has 0 atom stereocenters. The number of benzene rings is 7. The summed E-state index contributed by atoms with van der Waals surface area (Å²) in [5, 5.41) is 2.57. The zero-order valence-electron chi connectivity index (χ0n) is 27.1. The fourth-order valence-corrected chi connectivity index (χ4v) is 10.9. The molecule has 4 heteroatoms. The smallest absolute Gasteiger partial charge is 0.0763 e. The number of fused-ring (bicyclic) bond motifs is 11. The molecular formula is C45H30N2S2. The fourth-order valence-electron chi connectivity index (χ4n) is 8.46. The van der Waals surface area contributed by atoms with Gasteiger partial charge in [-0.1, -0.05) is 128 Å². The maximum atomic E-state index is 2.52. The van der Waals surface area contributed by atoms with E-state index < -0.39 is 0 Å². The zero-order chi connectivity index (χ0) is 32.4. The van der Waals surface area contributed by atoms with E-state index in [1.807, 2.05) is 23.5 Å². The minimum atomic E-state index is -0.0403. The molecule has 7 aromatic carbocycles. The van der Waals surface area contributed by atoms with E-state index in [4.69, 9.17) is 0 Å². The molecule has 3 heterocycles. The lowest BCUT2D eigenvalue weighted by atomic mass is 9.81. The zero-order valence-corrected chi connectivity index (χ0v) is 28.7. The molecule has 0 bridgehead atoms. The Bertz CT molecular complexity index is 2690. The highest BCUT2D eigenvalue weighted by atomic mass is 32.2. The number of aromatic nitrogens is 1. The van der Waals surface area contributed by atoms with Gasteiger partial charge in [-0.2, -0.15) is 0 Å². The number of hydrogen-bond donors (Lipinski definition) is 0. The third kappa shape index (κ3) is 3.76. The Morgan fingerprint density at radius 1 is 0.510 bits per heavy atom. The van der Waals surface area contributed by atoms with E-state index in [-0.39, 0.29) is 5.41 Å².